The number of rotatable bonds is 15. The minimum absolute atomic E-state index is 0.247. The van der Waals surface area contributed by atoms with Crippen LogP contribution in [-0.2, 0) is 0 Å². The lowest BCUT2D eigenvalue weighted by Gasteiger charge is -2.29. The molecule has 0 aromatic rings. The molecule has 0 saturated carbocycles. The molecule has 10 heteroatoms. The van der Waals surface area contributed by atoms with Crippen molar-refractivity contribution in [1.82, 2.24) is 19.6 Å². The second-order valence-electron chi connectivity index (χ2n) is 4.87. The van der Waals surface area contributed by atoms with E-state index < -0.39 is 0 Å². The number of nitrogens with zero attached hydrogens (tertiary/aromatic N) is 4. The van der Waals surface area contributed by atoms with E-state index in [0.717, 1.165) is 0 Å². The van der Waals surface area contributed by atoms with Crippen LogP contribution < -0.4 is 0 Å². The van der Waals surface area contributed by atoms with Crippen molar-refractivity contribution in [3.63, 3.8) is 0 Å². The van der Waals surface area contributed by atoms with Crippen LogP contribution in [-0.4, -0.2) is 130 Å². The first-order chi connectivity index (χ1) is 10.6. The van der Waals surface area contributed by atoms with Gasteiger partial charge in [-0.3, -0.25) is 19.6 Å². The molecule has 0 aliphatic rings. The SMILES string of the molecule is OCN(CO)CCN(CCN(CO)CO)CCN(CO)CO. The number of aliphatic hydroxyl groups excluding tert-OH is 6. The molecule has 0 aromatic carbocycles. The third kappa shape index (κ3) is 9.58. The summed E-state index contributed by atoms with van der Waals surface area (Å²) >= 11 is 0. The molecule has 0 unspecified atom stereocenters. The summed E-state index contributed by atoms with van der Waals surface area (Å²) in [4.78, 5) is 6.32. The zero-order chi connectivity index (χ0) is 16.8. The molecule has 0 radical (unpaired) electrons. The average molecular weight is 326 g/mol. The van der Waals surface area contributed by atoms with Crippen molar-refractivity contribution in [2.75, 3.05) is 79.7 Å². The summed E-state index contributed by atoms with van der Waals surface area (Å²) in [5.74, 6) is 0. The van der Waals surface area contributed by atoms with Gasteiger partial charge in [-0.05, 0) is 0 Å². The molecule has 0 fully saturated rings. The third-order valence-corrected chi connectivity index (χ3v) is 3.40. The summed E-state index contributed by atoms with van der Waals surface area (Å²) in [7, 11) is 0. The lowest BCUT2D eigenvalue weighted by atomic mass is 10.4. The van der Waals surface area contributed by atoms with E-state index in [9.17, 15) is 0 Å². The molecule has 0 aliphatic heterocycles. The van der Waals surface area contributed by atoms with Gasteiger partial charge in [-0.1, -0.05) is 0 Å². The van der Waals surface area contributed by atoms with Crippen LogP contribution in [0.1, 0.15) is 0 Å². The van der Waals surface area contributed by atoms with Gasteiger partial charge in [-0.15, -0.1) is 0 Å². The summed E-state index contributed by atoms with van der Waals surface area (Å²) in [6.07, 6.45) is 0. The van der Waals surface area contributed by atoms with Crippen LogP contribution in [0.3, 0.4) is 0 Å². The molecule has 22 heavy (non-hydrogen) atoms. The van der Waals surface area contributed by atoms with Gasteiger partial charge in [-0.2, -0.15) is 0 Å². The van der Waals surface area contributed by atoms with Crippen LogP contribution in [0.25, 0.3) is 0 Å². The van der Waals surface area contributed by atoms with E-state index in [2.05, 4.69) is 0 Å². The fourth-order valence-electron chi connectivity index (χ4n) is 1.74. The fraction of sp³-hybridized carbons (Fsp3) is 1.00. The second kappa shape index (κ2) is 14.2. The van der Waals surface area contributed by atoms with Crippen molar-refractivity contribution in [2.24, 2.45) is 0 Å². The summed E-state index contributed by atoms with van der Waals surface area (Å²) in [5.41, 5.74) is 0. The maximum Gasteiger partial charge on any atom is 0.0974 e. The molecule has 0 saturated heterocycles. The van der Waals surface area contributed by atoms with Gasteiger partial charge in [0.25, 0.3) is 0 Å². The Hall–Kier alpha value is -0.400. The first-order valence-electron chi connectivity index (χ1n) is 7.19. The Morgan fingerprint density at radius 2 is 0.500 bits per heavy atom. The van der Waals surface area contributed by atoms with E-state index in [1.807, 2.05) is 4.90 Å². The van der Waals surface area contributed by atoms with Gasteiger partial charge in [0.15, 0.2) is 0 Å². The van der Waals surface area contributed by atoms with Gasteiger partial charge in [0.1, 0.15) is 0 Å². The molecule has 0 spiro atoms. The highest BCUT2D eigenvalue weighted by Gasteiger charge is 2.12. The molecule has 0 amide bonds. The van der Waals surface area contributed by atoms with Crippen molar-refractivity contribution >= 4 is 0 Å². The summed E-state index contributed by atoms with van der Waals surface area (Å²) in [6, 6.07) is 0. The molecule has 0 bridgehead atoms. The Labute approximate surface area is 131 Å². The van der Waals surface area contributed by atoms with Gasteiger partial charge in [-0.25, -0.2) is 0 Å². The van der Waals surface area contributed by atoms with E-state index in [-0.39, 0.29) is 40.4 Å². The minimum atomic E-state index is -0.247. The highest BCUT2D eigenvalue weighted by molar-refractivity contribution is 4.65. The summed E-state index contributed by atoms with van der Waals surface area (Å²) in [6.45, 7) is 1.52. The first kappa shape index (κ1) is 21.6. The zero-order valence-corrected chi connectivity index (χ0v) is 13.0. The highest BCUT2D eigenvalue weighted by atomic mass is 16.3. The molecule has 0 aliphatic carbocycles. The van der Waals surface area contributed by atoms with E-state index in [1.54, 1.807) is 0 Å². The van der Waals surface area contributed by atoms with Gasteiger partial charge in [0, 0.05) is 39.3 Å². The predicted molar refractivity (Wildman–Crippen MR) is 79.1 cm³/mol. The van der Waals surface area contributed by atoms with Crippen molar-refractivity contribution in [2.45, 2.75) is 0 Å². The Kier molecular flexibility index (Phi) is 14.0. The van der Waals surface area contributed by atoms with Crippen molar-refractivity contribution < 1.29 is 30.6 Å². The van der Waals surface area contributed by atoms with Gasteiger partial charge in [0.05, 0.1) is 40.4 Å². The standard InChI is InChI=1S/C12H30N4O6/c17-7-14(8-18)4-1-13(2-5-15(9-19)10-20)3-6-16(11-21)12-22/h17-22H,1-12H2. The van der Waals surface area contributed by atoms with Crippen LogP contribution in [0.5, 0.6) is 0 Å². The Bertz CT molecular complexity index is 202. The highest BCUT2D eigenvalue weighted by Crippen LogP contribution is 1.96. The van der Waals surface area contributed by atoms with Crippen LogP contribution in [0.15, 0.2) is 0 Å². The Morgan fingerprint density at radius 3 is 0.682 bits per heavy atom. The molecule has 0 atom stereocenters. The lowest BCUT2D eigenvalue weighted by Crippen LogP contribution is -2.44. The normalized spacial score (nSPS) is 12.3. The van der Waals surface area contributed by atoms with Crippen molar-refractivity contribution in [3.8, 4) is 0 Å². The summed E-state index contributed by atoms with van der Waals surface area (Å²) < 4.78 is 0. The molecular formula is C12H30N4O6. The van der Waals surface area contributed by atoms with Crippen molar-refractivity contribution in [3.05, 3.63) is 0 Å². The molecule has 134 valence electrons. The molecule has 6 N–H and O–H groups in total. The van der Waals surface area contributed by atoms with Crippen LogP contribution in [0.4, 0.5) is 0 Å². The number of hydrogen-bond acceptors (Lipinski definition) is 10. The zero-order valence-electron chi connectivity index (χ0n) is 13.0. The van der Waals surface area contributed by atoms with E-state index in [0.29, 0.717) is 39.3 Å². The van der Waals surface area contributed by atoms with Gasteiger partial charge >= 0.3 is 0 Å². The largest absolute Gasteiger partial charge is 0.381 e. The monoisotopic (exact) mass is 326 g/mol. The average Bonchev–Trinajstić information content (AvgIpc) is 2.56. The lowest BCUT2D eigenvalue weighted by molar-refractivity contribution is 0.00217. The smallest absolute Gasteiger partial charge is 0.0974 e. The Balaban J connectivity index is 4.34. The second-order valence-corrected chi connectivity index (χ2v) is 4.87. The minimum Gasteiger partial charge on any atom is -0.381 e. The molecule has 0 heterocycles. The first-order valence-corrected chi connectivity index (χ1v) is 7.19. The van der Waals surface area contributed by atoms with Gasteiger partial charge in [0.2, 0.25) is 0 Å². The van der Waals surface area contributed by atoms with E-state index in [4.69, 9.17) is 30.6 Å². The molecule has 0 aromatic heterocycles. The topological polar surface area (TPSA) is 134 Å². The quantitative estimate of drug-likeness (QED) is 0.165. The van der Waals surface area contributed by atoms with Crippen LogP contribution in [0, 0.1) is 0 Å². The Morgan fingerprint density at radius 1 is 0.318 bits per heavy atom. The van der Waals surface area contributed by atoms with E-state index >= 15 is 0 Å². The maximum absolute atomic E-state index is 9.03. The number of hydrogen-bond donors (Lipinski definition) is 6. The molecular weight excluding hydrogens is 296 g/mol. The van der Waals surface area contributed by atoms with Crippen LogP contribution >= 0.6 is 0 Å². The van der Waals surface area contributed by atoms with Crippen LogP contribution in [0.2, 0.25) is 0 Å². The number of aliphatic hydroxyl groups is 6. The van der Waals surface area contributed by atoms with Crippen molar-refractivity contribution in [1.29, 1.82) is 0 Å². The molecule has 10 nitrogen and oxygen atoms in total. The van der Waals surface area contributed by atoms with E-state index in [1.165, 1.54) is 14.7 Å². The molecule has 0 rings (SSSR count). The third-order valence-electron chi connectivity index (χ3n) is 3.40. The fourth-order valence-corrected chi connectivity index (χ4v) is 1.74. The summed E-state index contributed by atoms with van der Waals surface area (Å²) in [5, 5.41) is 54.2. The predicted octanol–water partition coefficient (Wildman–Crippen LogP) is -4.11. The maximum atomic E-state index is 9.03. The van der Waals surface area contributed by atoms with Gasteiger partial charge < -0.3 is 30.6 Å².